The number of aryl methyl sites for hydroxylation is 2. The zero-order valence-electron chi connectivity index (χ0n) is 29.4. The van der Waals surface area contributed by atoms with Gasteiger partial charge in [0.1, 0.15) is 0 Å². The molecule has 250 valence electrons. The first kappa shape index (κ1) is 38.0. The van der Waals surface area contributed by atoms with Crippen molar-refractivity contribution in [3.63, 3.8) is 0 Å². The number of hydrogen-bond acceptors (Lipinski definition) is 0. The Hall–Kier alpha value is -3.26. The topological polar surface area (TPSA) is 0 Å². The molecule has 0 aromatic heterocycles. The molecule has 0 aliphatic rings. The normalized spacial score (nSPS) is 10.5. The minimum atomic E-state index is -0.826. The van der Waals surface area contributed by atoms with Crippen molar-refractivity contribution in [1.29, 1.82) is 0 Å². The molecule has 50 heavy (non-hydrogen) atoms. The zero-order valence-corrected chi connectivity index (χ0v) is 34.4. The Bertz CT molecular complexity index is 2090. The van der Waals surface area contributed by atoms with E-state index in [1.807, 2.05) is 0 Å². The molecular formula is C46H44Cl2SiZr. The van der Waals surface area contributed by atoms with Crippen LogP contribution in [0.2, 0.25) is 13.1 Å². The zero-order chi connectivity index (χ0) is 35.3. The van der Waals surface area contributed by atoms with Crippen LogP contribution in [-0.2, 0) is 33.7 Å². The van der Waals surface area contributed by atoms with Gasteiger partial charge in [-0.25, -0.2) is 0 Å². The summed E-state index contributed by atoms with van der Waals surface area (Å²) in [6, 6.07) is 53.2. The molecule has 0 spiro atoms. The van der Waals surface area contributed by atoms with Gasteiger partial charge in [-0.3, -0.25) is 0 Å². The SMILES string of the molecule is CCCc1cc2c(-c3cccc4ccccc34)cccc2[cH-]1.CCCc1cc2c(-c3cccc4ccccc34)cccc2[cH-]1.C[Si]C.[Cl][Zr+2][Cl]. The summed E-state index contributed by atoms with van der Waals surface area (Å²) in [7, 11) is 11.0. The molecule has 0 nitrogen and oxygen atoms in total. The molecule has 2 radical (unpaired) electrons. The van der Waals surface area contributed by atoms with Gasteiger partial charge in [0.2, 0.25) is 0 Å². The third-order valence-corrected chi connectivity index (χ3v) is 8.86. The molecule has 0 bridgehead atoms. The van der Waals surface area contributed by atoms with Gasteiger partial charge in [0.05, 0.1) is 0 Å². The molecule has 4 heteroatoms. The van der Waals surface area contributed by atoms with Crippen LogP contribution >= 0.6 is 17.0 Å². The predicted molar refractivity (Wildman–Crippen MR) is 222 cm³/mol. The molecule has 8 aromatic carbocycles. The Morgan fingerprint density at radius 1 is 0.480 bits per heavy atom. The van der Waals surface area contributed by atoms with E-state index in [1.165, 1.54) is 89.3 Å². The molecule has 0 saturated carbocycles. The summed E-state index contributed by atoms with van der Waals surface area (Å²) in [6.45, 7) is 8.78. The second kappa shape index (κ2) is 19.4. The fourth-order valence-electron chi connectivity index (χ4n) is 6.85. The molecule has 0 amide bonds. The van der Waals surface area contributed by atoms with Gasteiger partial charge in [-0.15, -0.1) is 69.1 Å². The summed E-state index contributed by atoms with van der Waals surface area (Å²) >= 11 is -0.826. The van der Waals surface area contributed by atoms with Crippen LogP contribution in [0.4, 0.5) is 0 Å². The molecule has 0 unspecified atom stereocenters. The number of fused-ring (bicyclic) bond motifs is 4. The summed E-state index contributed by atoms with van der Waals surface area (Å²) < 4.78 is 0. The summed E-state index contributed by atoms with van der Waals surface area (Å²) in [5.41, 5.74) is 8.25. The van der Waals surface area contributed by atoms with E-state index in [0.717, 1.165) is 22.4 Å². The van der Waals surface area contributed by atoms with Gasteiger partial charge in [0.15, 0.2) is 0 Å². The average Bonchev–Trinajstić information content (AvgIpc) is 3.76. The predicted octanol–water partition coefficient (Wildman–Crippen LogP) is 14.8. The Balaban J connectivity index is 0.000000168. The molecule has 8 aromatic rings. The Kier molecular flexibility index (Phi) is 14.7. The quantitative estimate of drug-likeness (QED) is 0.116. The van der Waals surface area contributed by atoms with E-state index in [2.05, 4.69) is 173 Å². The number of halogens is 2. The van der Waals surface area contributed by atoms with Crippen molar-refractivity contribution in [1.82, 2.24) is 0 Å². The van der Waals surface area contributed by atoms with Crippen molar-refractivity contribution in [2.45, 2.75) is 52.6 Å². The molecular weight excluding hydrogens is 743 g/mol. The van der Waals surface area contributed by atoms with Crippen molar-refractivity contribution < 1.29 is 20.8 Å². The fourth-order valence-corrected chi connectivity index (χ4v) is 6.85. The van der Waals surface area contributed by atoms with Gasteiger partial charge in [-0.2, -0.15) is 12.1 Å². The van der Waals surface area contributed by atoms with Crippen LogP contribution in [0.3, 0.4) is 0 Å². The van der Waals surface area contributed by atoms with Crippen LogP contribution in [-0.4, -0.2) is 9.52 Å². The first-order chi connectivity index (χ1) is 24.6. The fraction of sp³-hybridized carbons (Fsp3) is 0.174. The average molecular weight is 787 g/mol. The first-order valence-electron chi connectivity index (χ1n) is 17.4. The maximum absolute atomic E-state index is 4.93. The van der Waals surface area contributed by atoms with E-state index in [1.54, 1.807) is 0 Å². The third kappa shape index (κ3) is 9.15. The van der Waals surface area contributed by atoms with Crippen LogP contribution < -0.4 is 0 Å². The second-order valence-corrected chi connectivity index (χ2v) is 17.2. The first-order valence-corrected chi connectivity index (χ1v) is 25.8. The van der Waals surface area contributed by atoms with Gasteiger partial charge in [-0.1, -0.05) is 148 Å². The number of hydrogen-bond donors (Lipinski definition) is 0. The summed E-state index contributed by atoms with van der Waals surface area (Å²) in [5, 5.41) is 10.7. The Labute approximate surface area is 319 Å². The van der Waals surface area contributed by atoms with E-state index in [9.17, 15) is 0 Å². The van der Waals surface area contributed by atoms with E-state index in [4.69, 9.17) is 17.0 Å². The molecule has 0 heterocycles. The van der Waals surface area contributed by atoms with Crippen LogP contribution in [0, 0.1) is 0 Å². The Morgan fingerprint density at radius 2 is 0.800 bits per heavy atom. The van der Waals surface area contributed by atoms with Gasteiger partial charge in [0, 0.05) is 9.52 Å². The van der Waals surface area contributed by atoms with Gasteiger partial charge in [-0.05, 0) is 45.5 Å². The van der Waals surface area contributed by atoms with Crippen molar-refractivity contribution in [3.8, 4) is 22.3 Å². The van der Waals surface area contributed by atoms with Crippen molar-refractivity contribution in [3.05, 3.63) is 157 Å². The van der Waals surface area contributed by atoms with Crippen molar-refractivity contribution in [2.24, 2.45) is 0 Å². The van der Waals surface area contributed by atoms with Crippen LogP contribution in [0.1, 0.15) is 37.8 Å². The summed E-state index contributed by atoms with van der Waals surface area (Å²) in [4.78, 5) is 0. The standard InChI is InChI=1S/2C22H19.C2H6Si.2ClH.Zr/c2*1-2-7-16-14-18-10-6-13-21(22(18)15-16)20-12-5-9-17-8-3-4-11-19(17)20;1-3-2;;;/h2*3-6,8-15H,2,7H2,1H3;1-2H3;2*1H;/q2*-1;;;;+4/p-2. The second-order valence-electron chi connectivity index (χ2n) is 12.5. The third-order valence-electron chi connectivity index (χ3n) is 8.86. The summed E-state index contributed by atoms with van der Waals surface area (Å²) in [6.07, 6.45) is 4.70. The monoisotopic (exact) mass is 784 g/mol. The van der Waals surface area contributed by atoms with E-state index < -0.39 is 20.8 Å². The molecule has 0 atom stereocenters. The molecule has 0 fully saturated rings. The molecule has 0 saturated heterocycles. The van der Waals surface area contributed by atoms with Crippen LogP contribution in [0.5, 0.6) is 0 Å². The molecule has 0 N–H and O–H groups in total. The number of benzene rings is 6. The molecule has 0 aliphatic carbocycles. The molecule has 0 aliphatic heterocycles. The van der Waals surface area contributed by atoms with E-state index in [-0.39, 0.29) is 0 Å². The van der Waals surface area contributed by atoms with Crippen LogP contribution in [0.15, 0.2) is 146 Å². The van der Waals surface area contributed by atoms with Gasteiger partial charge < -0.3 is 0 Å². The maximum atomic E-state index is 4.93. The number of rotatable bonds is 6. The summed E-state index contributed by atoms with van der Waals surface area (Å²) in [5.74, 6) is 0. The van der Waals surface area contributed by atoms with Crippen molar-refractivity contribution in [2.75, 3.05) is 0 Å². The van der Waals surface area contributed by atoms with Gasteiger partial charge in [0.25, 0.3) is 0 Å². The minimum absolute atomic E-state index is 0.826. The van der Waals surface area contributed by atoms with E-state index >= 15 is 0 Å². The molecule has 8 rings (SSSR count). The Morgan fingerprint density at radius 3 is 1.18 bits per heavy atom. The van der Waals surface area contributed by atoms with Gasteiger partial charge >= 0.3 is 37.9 Å². The van der Waals surface area contributed by atoms with Crippen molar-refractivity contribution >= 4 is 69.6 Å². The van der Waals surface area contributed by atoms with E-state index in [0.29, 0.717) is 0 Å². The van der Waals surface area contributed by atoms with Crippen LogP contribution in [0.25, 0.3) is 65.3 Å².